The van der Waals surface area contributed by atoms with Gasteiger partial charge in [0, 0.05) is 24.4 Å². The first kappa shape index (κ1) is 21.6. The van der Waals surface area contributed by atoms with E-state index < -0.39 is 0 Å². The summed E-state index contributed by atoms with van der Waals surface area (Å²) in [5, 5.41) is 5.74. The van der Waals surface area contributed by atoms with Gasteiger partial charge in [-0.3, -0.25) is 0 Å². The van der Waals surface area contributed by atoms with Crippen molar-refractivity contribution >= 4 is 16.9 Å². The van der Waals surface area contributed by atoms with Gasteiger partial charge in [0.2, 0.25) is 0 Å². The molecule has 1 aliphatic heterocycles. The summed E-state index contributed by atoms with van der Waals surface area (Å²) in [6, 6.07) is 17.8. The molecule has 1 fully saturated rings. The molecule has 2 aromatic heterocycles. The Morgan fingerprint density at radius 3 is 2.37 bits per heavy atom. The number of ether oxygens (including phenoxy) is 2. The number of benzene rings is 2. The first-order chi connectivity index (χ1) is 16.9. The van der Waals surface area contributed by atoms with Crippen molar-refractivity contribution in [3.05, 3.63) is 72.7 Å². The van der Waals surface area contributed by atoms with Crippen molar-refractivity contribution < 1.29 is 9.47 Å². The van der Waals surface area contributed by atoms with Crippen LogP contribution < -0.4 is 10.5 Å². The number of anilines is 1. The van der Waals surface area contributed by atoms with Crippen LogP contribution in [-0.4, -0.2) is 49.4 Å². The normalized spacial score (nSPS) is 17.9. The van der Waals surface area contributed by atoms with Gasteiger partial charge in [-0.1, -0.05) is 18.2 Å². The molecule has 6 rings (SSSR count). The fourth-order valence-corrected chi connectivity index (χ4v) is 4.45. The molecule has 0 spiro atoms. The fraction of sp³-hybridized carbons (Fsp3) is 0.296. The molecule has 178 valence electrons. The smallest absolute Gasteiger partial charge is 0.164 e. The van der Waals surface area contributed by atoms with Gasteiger partial charge < -0.3 is 20.1 Å². The van der Waals surface area contributed by atoms with Crippen LogP contribution in [0.4, 0.5) is 5.82 Å². The molecular formula is C27H28N6O2. The molecule has 0 saturated carbocycles. The maximum Gasteiger partial charge on any atom is 0.164 e. The number of hydrogen-bond donors (Lipinski definition) is 1. The van der Waals surface area contributed by atoms with Crippen molar-refractivity contribution in [2.24, 2.45) is 0 Å². The molecule has 2 aromatic carbocycles. The van der Waals surface area contributed by atoms with Crippen LogP contribution in [0, 0.1) is 0 Å². The van der Waals surface area contributed by atoms with E-state index in [1.165, 1.54) is 12.0 Å². The number of likely N-dealkylation sites (tertiary alicyclic amines) is 1. The second-order valence-corrected chi connectivity index (χ2v) is 9.99. The van der Waals surface area contributed by atoms with Crippen molar-refractivity contribution in [2.45, 2.75) is 38.5 Å². The summed E-state index contributed by atoms with van der Waals surface area (Å²) in [5.74, 6) is 1.98. The van der Waals surface area contributed by atoms with Gasteiger partial charge in [-0.2, -0.15) is 5.10 Å². The highest BCUT2D eigenvalue weighted by Gasteiger charge is 2.41. The Bertz CT molecular complexity index is 1400. The zero-order chi connectivity index (χ0) is 24.2. The van der Waals surface area contributed by atoms with E-state index in [9.17, 15) is 0 Å². The third kappa shape index (κ3) is 4.21. The lowest BCUT2D eigenvalue weighted by atomic mass is 10.1. The molecule has 1 saturated heterocycles. The predicted octanol–water partition coefficient (Wildman–Crippen LogP) is 4.81. The molecule has 2 aliphatic rings. The third-order valence-corrected chi connectivity index (χ3v) is 6.18. The largest absolute Gasteiger partial charge is 0.457 e. The standard InChI is InChI=1S/C27H28N6O2/c1-27(2,3)35-22-13-21(22)32-14-18(15-32)33-26-23(25(28)29-16-30-26)24(31-33)17-9-11-20(12-10-17)34-19-7-5-4-6-8-19/h4-13,16,18,22H,14-15H2,1-3H3,(H2,28,29,30). The van der Waals surface area contributed by atoms with Crippen LogP contribution in [-0.2, 0) is 4.74 Å². The van der Waals surface area contributed by atoms with Gasteiger partial charge in [0.1, 0.15) is 35.4 Å². The maximum atomic E-state index is 6.30. The summed E-state index contributed by atoms with van der Waals surface area (Å²) < 4.78 is 14.0. The molecule has 0 amide bonds. The topological polar surface area (TPSA) is 91.3 Å². The number of fused-ring (bicyclic) bond motifs is 1. The average Bonchev–Trinajstić information content (AvgIpc) is 3.41. The number of hydrogen-bond acceptors (Lipinski definition) is 7. The quantitative estimate of drug-likeness (QED) is 0.434. The summed E-state index contributed by atoms with van der Waals surface area (Å²) in [5.41, 5.74) is 9.88. The molecule has 35 heavy (non-hydrogen) atoms. The first-order valence-electron chi connectivity index (χ1n) is 11.8. The third-order valence-electron chi connectivity index (χ3n) is 6.18. The first-order valence-corrected chi connectivity index (χ1v) is 11.8. The average molecular weight is 469 g/mol. The molecule has 2 N–H and O–H groups in total. The number of para-hydroxylation sites is 1. The van der Waals surface area contributed by atoms with E-state index in [1.807, 2.05) is 59.3 Å². The SMILES string of the molecule is CC(C)(C)OC1C=C1N1CC(n2nc(-c3ccc(Oc4ccccc4)cc3)c3c(N)ncnc32)C1. The van der Waals surface area contributed by atoms with Gasteiger partial charge in [-0.05, 0) is 63.2 Å². The molecule has 1 aliphatic carbocycles. The lowest BCUT2D eigenvalue weighted by Crippen LogP contribution is -2.46. The van der Waals surface area contributed by atoms with E-state index in [-0.39, 0.29) is 17.7 Å². The summed E-state index contributed by atoms with van der Waals surface area (Å²) in [4.78, 5) is 11.1. The Balaban J connectivity index is 1.23. The molecule has 1 unspecified atom stereocenters. The molecule has 8 nitrogen and oxygen atoms in total. The van der Waals surface area contributed by atoms with Crippen LogP contribution in [0.2, 0.25) is 0 Å². The van der Waals surface area contributed by atoms with E-state index in [4.69, 9.17) is 20.3 Å². The maximum absolute atomic E-state index is 6.30. The molecule has 0 radical (unpaired) electrons. The van der Waals surface area contributed by atoms with Gasteiger partial charge in [-0.15, -0.1) is 0 Å². The van der Waals surface area contributed by atoms with Gasteiger partial charge in [0.15, 0.2) is 5.65 Å². The molecule has 1 atom stereocenters. The van der Waals surface area contributed by atoms with Crippen LogP contribution in [0.5, 0.6) is 11.5 Å². The summed E-state index contributed by atoms with van der Waals surface area (Å²) in [6.45, 7) is 7.96. The lowest BCUT2D eigenvalue weighted by Gasteiger charge is -2.40. The number of rotatable bonds is 6. The van der Waals surface area contributed by atoms with E-state index in [2.05, 4.69) is 41.7 Å². The minimum Gasteiger partial charge on any atom is -0.457 e. The number of aromatic nitrogens is 4. The van der Waals surface area contributed by atoms with Gasteiger partial charge in [0.25, 0.3) is 0 Å². The van der Waals surface area contributed by atoms with Crippen molar-refractivity contribution in [2.75, 3.05) is 18.8 Å². The van der Waals surface area contributed by atoms with Crippen LogP contribution in [0.15, 0.2) is 72.7 Å². The highest BCUT2D eigenvalue weighted by molar-refractivity contribution is 5.98. The van der Waals surface area contributed by atoms with Gasteiger partial charge in [0.05, 0.1) is 17.0 Å². The second kappa shape index (κ2) is 8.09. The summed E-state index contributed by atoms with van der Waals surface area (Å²) >= 11 is 0. The molecule has 3 heterocycles. The van der Waals surface area contributed by atoms with Crippen LogP contribution in [0.25, 0.3) is 22.3 Å². The lowest BCUT2D eigenvalue weighted by molar-refractivity contribution is -0.0185. The molecular weight excluding hydrogens is 440 g/mol. The second-order valence-electron chi connectivity index (χ2n) is 9.99. The predicted molar refractivity (Wildman–Crippen MR) is 135 cm³/mol. The summed E-state index contributed by atoms with van der Waals surface area (Å²) in [7, 11) is 0. The Morgan fingerprint density at radius 2 is 1.66 bits per heavy atom. The van der Waals surface area contributed by atoms with Gasteiger partial charge >= 0.3 is 0 Å². The van der Waals surface area contributed by atoms with Crippen molar-refractivity contribution in [3.8, 4) is 22.8 Å². The number of nitrogens with zero attached hydrogens (tertiary/aromatic N) is 5. The fourth-order valence-electron chi connectivity index (χ4n) is 4.45. The van der Waals surface area contributed by atoms with E-state index in [0.717, 1.165) is 46.9 Å². The molecule has 8 heteroatoms. The van der Waals surface area contributed by atoms with E-state index >= 15 is 0 Å². The van der Waals surface area contributed by atoms with Crippen molar-refractivity contribution in [1.82, 2.24) is 24.6 Å². The minimum absolute atomic E-state index is 0.121. The van der Waals surface area contributed by atoms with Crippen molar-refractivity contribution in [1.29, 1.82) is 0 Å². The van der Waals surface area contributed by atoms with Crippen LogP contribution in [0.3, 0.4) is 0 Å². The zero-order valence-corrected chi connectivity index (χ0v) is 20.0. The highest BCUT2D eigenvalue weighted by atomic mass is 16.5. The zero-order valence-electron chi connectivity index (χ0n) is 20.0. The minimum atomic E-state index is -0.156. The monoisotopic (exact) mass is 468 g/mol. The number of nitrogens with two attached hydrogens (primary N) is 1. The molecule has 4 aromatic rings. The van der Waals surface area contributed by atoms with Gasteiger partial charge in [-0.25, -0.2) is 14.6 Å². The highest BCUT2D eigenvalue weighted by Crippen LogP contribution is 2.40. The number of nitrogen functional groups attached to an aromatic ring is 1. The Kier molecular flexibility index (Phi) is 5.00. The van der Waals surface area contributed by atoms with E-state index in [1.54, 1.807) is 0 Å². The Labute approximate surface area is 204 Å². The molecule has 0 bridgehead atoms. The summed E-state index contributed by atoms with van der Waals surface area (Å²) in [6.07, 6.45) is 3.80. The van der Waals surface area contributed by atoms with Crippen LogP contribution in [0.1, 0.15) is 26.8 Å². The Hall–Kier alpha value is -3.91. The Morgan fingerprint density at radius 1 is 0.943 bits per heavy atom. The van der Waals surface area contributed by atoms with E-state index in [0.29, 0.717) is 5.82 Å². The van der Waals surface area contributed by atoms with Crippen molar-refractivity contribution in [3.63, 3.8) is 0 Å². The van der Waals surface area contributed by atoms with Crippen LogP contribution >= 0.6 is 0 Å².